The fraction of sp³-hybridized carbons (Fsp3) is 0.250. The average Bonchev–Trinajstić information content (AvgIpc) is 2.36. The molecular formula is C12H15N3O4. The summed E-state index contributed by atoms with van der Waals surface area (Å²) in [5, 5.41) is 13.3. The molecule has 0 fully saturated rings. The van der Waals surface area contributed by atoms with E-state index >= 15 is 0 Å². The number of urea groups is 1. The van der Waals surface area contributed by atoms with Crippen molar-refractivity contribution >= 4 is 17.9 Å². The first-order chi connectivity index (χ1) is 8.91. The van der Waals surface area contributed by atoms with Crippen molar-refractivity contribution in [3.63, 3.8) is 0 Å². The van der Waals surface area contributed by atoms with E-state index in [1.54, 1.807) is 30.3 Å². The largest absolute Gasteiger partial charge is 0.480 e. The van der Waals surface area contributed by atoms with Crippen LogP contribution in [-0.2, 0) is 9.59 Å². The predicted molar refractivity (Wildman–Crippen MR) is 67.1 cm³/mol. The van der Waals surface area contributed by atoms with Crippen LogP contribution in [0.25, 0.3) is 0 Å². The van der Waals surface area contributed by atoms with Gasteiger partial charge in [0.15, 0.2) is 0 Å². The number of carboxylic acids is 1. The first-order valence-corrected chi connectivity index (χ1v) is 5.56. The Kier molecular flexibility index (Phi) is 4.87. The van der Waals surface area contributed by atoms with Gasteiger partial charge in [0.25, 0.3) is 0 Å². The topological polar surface area (TPSA) is 122 Å². The third kappa shape index (κ3) is 4.30. The van der Waals surface area contributed by atoms with Crippen molar-refractivity contribution in [2.45, 2.75) is 19.0 Å². The number of hydrogen-bond acceptors (Lipinski definition) is 3. The number of carbonyl (C=O) groups is 3. The Morgan fingerprint density at radius 1 is 1.16 bits per heavy atom. The number of benzene rings is 1. The zero-order chi connectivity index (χ0) is 14.4. The van der Waals surface area contributed by atoms with E-state index in [1.807, 2.05) is 0 Å². The molecule has 0 heterocycles. The highest BCUT2D eigenvalue weighted by Gasteiger charge is 2.24. The molecule has 0 saturated heterocycles. The van der Waals surface area contributed by atoms with E-state index in [-0.39, 0.29) is 0 Å². The maximum Gasteiger partial charge on any atom is 0.325 e. The third-order valence-electron chi connectivity index (χ3n) is 2.41. The molecule has 1 aromatic carbocycles. The van der Waals surface area contributed by atoms with Gasteiger partial charge in [0.2, 0.25) is 5.91 Å². The van der Waals surface area contributed by atoms with Crippen LogP contribution in [0.5, 0.6) is 0 Å². The SMILES string of the molecule is C[C@H](NC(=O)C(NC(N)=O)c1ccccc1)C(=O)O. The summed E-state index contributed by atoms with van der Waals surface area (Å²) < 4.78 is 0. The zero-order valence-electron chi connectivity index (χ0n) is 10.3. The van der Waals surface area contributed by atoms with Gasteiger partial charge in [-0.2, -0.15) is 0 Å². The van der Waals surface area contributed by atoms with E-state index in [4.69, 9.17) is 10.8 Å². The molecule has 2 atom stereocenters. The summed E-state index contributed by atoms with van der Waals surface area (Å²) in [4.78, 5) is 33.6. The second kappa shape index (κ2) is 6.39. The van der Waals surface area contributed by atoms with Gasteiger partial charge >= 0.3 is 12.0 Å². The van der Waals surface area contributed by atoms with Gasteiger partial charge in [0, 0.05) is 0 Å². The minimum absolute atomic E-state index is 0.511. The Labute approximate surface area is 109 Å². The molecule has 7 heteroatoms. The summed E-state index contributed by atoms with van der Waals surface area (Å²) >= 11 is 0. The third-order valence-corrected chi connectivity index (χ3v) is 2.41. The lowest BCUT2D eigenvalue weighted by molar-refractivity contribution is -0.141. The van der Waals surface area contributed by atoms with Crippen molar-refractivity contribution in [1.29, 1.82) is 0 Å². The smallest absolute Gasteiger partial charge is 0.325 e. The van der Waals surface area contributed by atoms with Gasteiger partial charge in [-0.3, -0.25) is 9.59 Å². The molecule has 0 radical (unpaired) electrons. The van der Waals surface area contributed by atoms with Gasteiger partial charge in [-0.25, -0.2) is 4.79 Å². The Hall–Kier alpha value is -2.57. The summed E-state index contributed by atoms with van der Waals surface area (Å²) in [5.74, 6) is -1.81. The number of nitrogens with two attached hydrogens (primary N) is 1. The van der Waals surface area contributed by atoms with Crippen molar-refractivity contribution in [2.75, 3.05) is 0 Å². The standard InChI is InChI=1S/C12H15N3O4/c1-7(11(17)18)14-10(16)9(15-12(13)19)8-5-3-2-4-6-8/h2-7,9H,1H3,(H,14,16)(H,17,18)(H3,13,15,19)/t7-,9?/m0/s1. The molecule has 0 aliphatic carbocycles. The number of aliphatic carboxylic acids is 1. The van der Waals surface area contributed by atoms with Gasteiger partial charge in [0.1, 0.15) is 12.1 Å². The number of carboxylic acid groups (broad SMARTS) is 1. The molecular weight excluding hydrogens is 250 g/mol. The van der Waals surface area contributed by atoms with Crippen LogP contribution >= 0.6 is 0 Å². The van der Waals surface area contributed by atoms with Crippen LogP contribution in [0.4, 0.5) is 4.79 Å². The molecule has 0 saturated carbocycles. The van der Waals surface area contributed by atoms with Gasteiger partial charge in [-0.1, -0.05) is 30.3 Å². The number of amides is 3. The lowest BCUT2D eigenvalue weighted by atomic mass is 10.1. The number of rotatable bonds is 5. The number of primary amides is 1. The molecule has 102 valence electrons. The van der Waals surface area contributed by atoms with E-state index in [1.165, 1.54) is 6.92 Å². The summed E-state index contributed by atoms with van der Waals surface area (Å²) in [7, 11) is 0. The summed E-state index contributed by atoms with van der Waals surface area (Å²) in [6.45, 7) is 1.33. The Bertz CT molecular complexity index is 475. The number of hydrogen-bond donors (Lipinski definition) is 4. The maximum atomic E-state index is 11.9. The summed E-state index contributed by atoms with van der Waals surface area (Å²) in [6.07, 6.45) is 0. The second-order valence-electron chi connectivity index (χ2n) is 3.92. The molecule has 19 heavy (non-hydrogen) atoms. The zero-order valence-corrected chi connectivity index (χ0v) is 10.3. The molecule has 5 N–H and O–H groups in total. The predicted octanol–water partition coefficient (Wildman–Crippen LogP) is -0.0147. The molecule has 3 amide bonds. The van der Waals surface area contributed by atoms with Crippen molar-refractivity contribution in [3.8, 4) is 0 Å². The van der Waals surface area contributed by atoms with E-state index in [2.05, 4.69) is 10.6 Å². The molecule has 0 aromatic heterocycles. The Morgan fingerprint density at radius 2 is 1.74 bits per heavy atom. The van der Waals surface area contributed by atoms with E-state index < -0.39 is 30.0 Å². The molecule has 7 nitrogen and oxygen atoms in total. The Morgan fingerprint density at radius 3 is 2.21 bits per heavy atom. The van der Waals surface area contributed by atoms with Gasteiger partial charge in [0.05, 0.1) is 0 Å². The molecule has 1 rings (SSSR count). The lowest BCUT2D eigenvalue weighted by Crippen LogP contribution is -2.47. The summed E-state index contributed by atoms with van der Waals surface area (Å²) in [5.41, 5.74) is 5.52. The lowest BCUT2D eigenvalue weighted by Gasteiger charge is -2.19. The minimum Gasteiger partial charge on any atom is -0.480 e. The molecule has 1 unspecified atom stereocenters. The normalized spacial score (nSPS) is 13.1. The van der Waals surface area contributed by atoms with Gasteiger partial charge in [-0.15, -0.1) is 0 Å². The van der Waals surface area contributed by atoms with Crippen LogP contribution in [0.2, 0.25) is 0 Å². The van der Waals surface area contributed by atoms with Gasteiger partial charge in [-0.05, 0) is 12.5 Å². The summed E-state index contributed by atoms with van der Waals surface area (Å²) in [6, 6.07) is 5.44. The van der Waals surface area contributed by atoms with Crippen LogP contribution in [0.15, 0.2) is 30.3 Å². The van der Waals surface area contributed by atoms with Crippen molar-refractivity contribution in [1.82, 2.24) is 10.6 Å². The van der Waals surface area contributed by atoms with E-state index in [0.717, 1.165) is 0 Å². The first-order valence-electron chi connectivity index (χ1n) is 5.56. The van der Waals surface area contributed by atoms with Crippen LogP contribution in [0.1, 0.15) is 18.5 Å². The number of nitrogens with one attached hydrogen (secondary N) is 2. The van der Waals surface area contributed by atoms with Crippen molar-refractivity contribution in [3.05, 3.63) is 35.9 Å². The second-order valence-corrected chi connectivity index (χ2v) is 3.92. The highest BCUT2D eigenvalue weighted by molar-refractivity contribution is 5.90. The van der Waals surface area contributed by atoms with Crippen LogP contribution < -0.4 is 16.4 Å². The molecule has 0 bridgehead atoms. The molecule has 1 aromatic rings. The fourth-order valence-electron chi connectivity index (χ4n) is 1.45. The fourth-order valence-corrected chi connectivity index (χ4v) is 1.45. The van der Waals surface area contributed by atoms with Crippen LogP contribution in [0, 0.1) is 0 Å². The molecule has 0 aliphatic heterocycles. The van der Waals surface area contributed by atoms with Crippen molar-refractivity contribution in [2.24, 2.45) is 5.73 Å². The van der Waals surface area contributed by atoms with Gasteiger partial charge < -0.3 is 21.5 Å². The van der Waals surface area contributed by atoms with Crippen LogP contribution in [-0.4, -0.2) is 29.1 Å². The highest BCUT2D eigenvalue weighted by Crippen LogP contribution is 2.12. The number of carbonyl (C=O) groups excluding carboxylic acids is 2. The van der Waals surface area contributed by atoms with E-state index in [0.29, 0.717) is 5.56 Å². The maximum absolute atomic E-state index is 11.9. The first kappa shape index (κ1) is 14.5. The average molecular weight is 265 g/mol. The highest BCUT2D eigenvalue weighted by atomic mass is 16.4. The molecule has 0 spiro atoms. The molecule has 0 aliphatic rings. The van der Waals surface area contributed by atoms with E-state index in [9.17, 15) is 14.4 Å². The monoisotopic (exact) mass is 265 g/mol. The Balaban J connectivity index is 2.89. The minimum atomic E-state index is -1.17. The van der Waals surface area contributed by atoms with Crippen LogP contribution in [0.3, 0.4) is 0 Å². The van der Waals surface area contributed by atoms with Crippen molar-refractivity contribution < 1.29 is 19.5 Å². The quantitative estimate of drug-likeness (QED) is 0.598.